The van der Waals surface area contributed by atoms with Crippen molar-refractivity contribution in [2.75, 3.05) is 5.43 Å². The second-order valence-electron chi connectivity index (χ2n) is 5.94. The minimum atomic E-state index is 0.699. The van der Waals surface area contributed by atoms with Gasteiger partial charge in [-0.2, -0.15) is 5.10 Å². The van der Waals surface area contributed by atoms with Gasteiger partial charge in [-0.1, -0.05) is 67.1 Å². The van der Waals surface area contributed by atoms with Crippen LogP contribution in [-0.2, 0) is 0 Å². The van der Waals surface area contributed by atoms with E-state index in [4.69, 9.17) is 0 Å². The van der Waals surface area contributed by atoms with Crippen LogP contribution >= 0.6 is 0 Å². The van der Waals surface area contributed by atoms with Crippen molar-refractivity contribution in [2.45, 2.75) is 27.2 Å². The molecule has 0 spiro atoms. The fourth-order valence-corrected chi connectivity index (χ4v) is 2.60. The van der Waals surface area contributed by atoms with Gasteiger partial charge in [0.05, 0.1) is 11.4 Å². The molecule has 25 heavy (non-hydrogen) atoms. The topological polar surface area (TPSA) is 50.2 Å². The van der Waals surface area contributed by atoms with Gasteiger partial charge < -0.3 is 0 Å². The lowest BCUT2D eigenvalue weighted by atomic mass is 10.1. The molecule has 3 aromatic rings. The quantitative estimate of drug-likeness (QED) is 0.530. The first-order valence-electron chi connectivity index (χ1n) is 8.46. The Labute approximate surface area is 148 Å². The van der Waals surface area contributed by atoms with Crippen molar-refractivity contribution in [1.29, 1.82) is 0 Å². The summed E-state index contributed by atoms with van der Waals surface area (Å²) in [7, 11) is 0. The summed E-state index contributed by atoms with van der Waals surface area (Å²) in [6.07, 6.45) is 0.839. The minimum absolute atomic E-state index is 0.699. The third kappa shape index (κ3) is 4.29. The number of hydrazone groups is 1. The van der Waals surface area contributed by atoms with Gasteiger partial charge in [0.15, 0.2) is 0 Å². The summed E-state index contributed by atoms with van der Waals surface area (Å²) >= 11 is 0. The summed E-state index contributed by atoms with van der Waals surface area (Å²) in [6, 6.07) is 20.4. The molecule has 0 aliphatic rings. The van der Waals surface area contributed by atoms with Crippen LogP contribution in [0.2, 0.25) is 0 Å². The van der Waals surface area contributed by atoms with E-state index >= 15 is 0 Å². The Kier molecular flexibility index (Phi) is 5.19. The molecule has 2 aromatic carbocycles. The monoisotopic (exact) mass is 330 g/mol. The molecule has 0 atom stereocenters. The van der Waals surface area contributed by atoms with E-state index in [9.17, 15) is 0 Å². The molecule has 0 saturated heterocycles. The van der Waals surface area contributed by atoms with Crippen LogP contribution in [0.5, 0.6) is 0 Å². The molecule has 1 N–H and O–H groups in total. The first kappa shape index (κ1) is 16.8. The highest BCUT2D eigenvalue weighted by atomic mass is 15.3. The molecule has 4 heteroatoms. The lowest BCUT2D eigenvalue weighted by Gasteiger charge is -2.08. The van der Waals surface area contributed by atoms with E-state index in [1.54, 1.807) is 0 Å². The van der Waals surface area contributed by atoms with Crippen molar-refractivity contribution in [1.82, 2.24) is 9.97 Å². The van der Waals surface area contributed by atoms with Crippen molar-refractivity contribution >= 4 is 11.5 Å². The summed E-state index contributed by atoms with van der Waals surface area (Å²) in [5, 5.41) is 4.56. The molecule has 4 nitrogen and oxygen atoms in total. The molecular weight excluding hydrogens is 308 g/mol. The molecular formula is C21H22N4. The van der Waals surface area contributed by atoms with Crippen molar-refractivity contribution in [3.05, 3.63) is 77.6 Å². The van der Waals surface area contributed by atoms with Crippen molar-refractivity contribution in [3.8, 4) is 11.3 Å². The van der Waals surface area contributed by atoms with Gasteiger partial charge in [-0.3, -0.25) is 5.43 Å². The third-order valence-electron chi connectivity index (χ3n) is 3.93. The first-order valence-corrected chi connectivity index (χ1v) is 8.46. The van der Waals surface area contributed by atoms with Gasteiger partial charge in [0.25, 0.3) is 0 Å². The summed E-state index contributed by atoms with van der Waals surface area (Å²) in [4.78, 5) is 8.96. The highest BCUT2D eigenvalue weighted by molar-refractivity contribution is 6.00. The molecule has 0 fully saturated rings. The molecule has 0 radical (unpaired) electrons. The van der Waals surface area contributed by atoms with E-state index in [1.807, 2.05) is 43.3 Å². The predicted octanol–water partition coefficient (Wildman–Crippen LogP) is 4.99. The molecule has 126 valence electrons. The van der Waals surface area contributed by atoms with E-state index in [0.29, 0.717) is 11.6 Å². The number of aryl methyl sites for hydroxylation is 2. The summed E-state index contributed by atoms with van der Waals surface area (Å²) < 4.78 is 0. The number of anilines is 1. The van der Waals surface area contributed by atoms with E-state index < -0.39 is 0 Å². The number of benzene rings is 2. The zero-order valence-corrected chi connectivity index (χ0v) is 14.8. The van der Waals surface area contributed by atoms with Crippen LogP contribution in [0.4, 0.5) is 5.82 Å². The van der Waals surface area contributed by atoms with Gasteiger partial charge in [0.2, 0.25) is 0 Å². The smallest absolute Gasteiger partial charge is 0.150 e. The Hall–Kier alpha value is -3.01. The van der Waals surface area contributed by atoms with Gasteiger partial charge >= 0.3 is 0 Å². The SMILES string of the molecule is CC/C(=N\Nc1cc(-c2ccccc2)nc(C)n1)c1ccc(C)cc1. The number of hydrogen-bond donors (Lipinski definition) is 1. The van der Waals surface area contributed by atoms with E-state index in [2.05, 4.69) is 58.6 Å². The number of nitrogens with one attached hydrogen (secondary N) is 1. The van der Waals surface area contributed by atoms with Gasteiger partial charge in [0.1, 0.15) is 11.6 Å². The van der Waals surface area contributed by atoms with E-state index in [1.165, 1.54) is 5.56 Å². The highest BCUT2D eigenvalue weighted by Gasteiger charge is 2.05. The molecule has 3 rings (SSSR count). The van der Waals surface area contributed by atoms with Crippen LogP contribution in [0.15, 0.2) is 65.8 Å². The van der Waals surface area contributed by atoms with Gasteiger partial charge in [0, 0.05) is 11.6 Å². The zero-order chi connectivity index (χ0) is 17.6. The van der Waals surface area contributed by atoms with Gasteiger partial charge in [-0.15, -0.1) is 0 Å². The molecule has 0 unspecified atom stereocenters. The molecule has 0 amide bonds. The highest BCUT2D eigenvalue weighted by Crippen LogP contribution is 2.19. The fourth-order valence-electron chi connectivity index (χ4n) is 2.60. The fraction of sp³-hybridized carbons (Fsp3) is 0.190. The number of aromatic nitrogens is 2. The van der Waals surface area contributed by atoms with Gasteiger partial charge in [-0.05, 0) is 25.8 Å². The zero-order valence-electron chi connectivity index (χ0n) is 14.8. The van der Waals surface area contributed by atoms with Crippen molar-refractivity contribution in [2.24, 2.45) is 5.10 Å². The average Bonchev–Trinajstić information content (AvgIpc) is 2.64. The maximum atomic E-state index is 4.56. The standard InChI is InChI=1S/C21H22N4/c1-4-19(18-12-10-15(2)11-13-18)24-25-21-14-20(22-16(3)23-21)17-8-6-5-7-9-17/h5-14H,4H2,1-3H3,(H,22,23,25)/b24-19+. The summed E-state index contributed by atoms with van der Waals surface area (Å²) in [6.45, 7) is 6.07. The molecule has 0 bridgehead atoms. The predicted molar refractivity (Wildman–Crippen MR) is 104 cm³/mol. The van der Waals surface area contributed by atoms with Crippen LogP contribution in [0.25, 0.3) is 11.3 Å². The lowest BCUT2D eigenvalue weighted by Crippen LogP contribution is -2.05. The van der Waals surface area contributed by atoms with E-state index in [-0.39, 0.29) is 0 Å². The normalized spacial score (nSPS) is 11.4. The molecule has 0 aliphatic carbocycles. The van der Waals surface area contributed by atoms with E-state index in [0.717, 1.165) is 29.0 Å². The number of rotatable bonds is 5. The third-order valence-corrected chi connectivity index (χ3v) is 3.93. The lowest BCUT2D eigenvalue weighted by molar-refractivity contribution is 1.04. The van der Waals surface area contributed by atoms with Crippen LogP contribution in [0.1, 0.15) is 30.3 Å². The second-order valence-corrected chi connectivity index (χ2v) is 5.94. The first-order chi connectivity index (χ1) is 12.2. The molecule has 1 aromatic heterocycles. The van der Waals surface area contributed by atoms with Crippen LogP contribution in [-0.4, -0.2) is 15.7 Å². The second kappa shape index (κ2) is 7.71. The summed E-state index contributed by atoms with van der Waals surface area (Å²) in [5.74, 6) is 1.41. The molecule has 0 aliphatic heterocycles. The Morgan fingerprint density at radius 3 is 2.36 bits per heavy atom. The Balaban J connectivity index is 1.87. The largest absolute Gasteiger partial charge is 0.261 e. The number of nitrogens with zero attached hydrogens (tertiary/aromatic N) is 3. The average molecular weight is 330 g/mol. The number of hydrogen-bond acceptors (Lipinski definition) is 4. The van der Waals surface area contributed by atoms with Crippen molar-refractivity contribution < 1.29 is 0 Å². The molecule has 1 heterocycles. The Morgan fingerprint density at radius 2 is 1.68 bits per heavy atom. The molecule has 0 saturated carbocycles. The Bertz CT molecular complexity index is 868. The van der Waals surface area contributed by atoms with Crippen LogP contribution in [0.3, 0.4) is 0 Å². The van der Waals surface area contributed by atoms with Crippen LogP contribution in [0, 0.1) is 13.8 Å². The summed E-state index contributed by atoms with van der Waals surface area (Å²) in [5.41, 5.74) is 8.41. The van der Waals surface area contributed by atoms with Gasteiger partial charge in [-0.25, -0.2) is 9.97 Å². The Morgan fingerprint density at radius 1 is 0.960 bits per heavy atom. The van der Waals surface area contributed by atoms with Crippen molar-refractivity contribution in [3.63, 3.8) is 0 Å². The minimum Gasteiger partial charge on any atom is -0.261 e. The maximum Gasteiger partial charge on any atom is 0.150 e. The van der Waals surface area contributed by atoms with Crippen LogP contribution < -0.4 is 5.43 Å². The maximum absolute atomic E-state index is 4.56.